The molecule has 8 heteroatoms. The Kier molecular flexibility index (Phi) is 4.77. The van der Waals surface area contributed by atoms with Gasteiger partial charge in [0.2, 0.25) is 5.91 Å². The van der Waals surface area contributed by atoms with Gasteiger partial charge >= 0.3 is 12.1 Å². The molecule has 0 heterocycles. The predicted octanol–water partition coefficient (Wildman–Crippen LogP) is 2.71. The summed E-state index contributed by atoms with van der Waals surface area (Å²) in [5.41, 5.74) is 0.00384. The van der Waals surface area contributed by atoms with Crippen LogP contribution < -0.4 is 4.90 Å². The molecule has 0 unspecified atom stereocenters. The number of aliphatic carboxylic acids is 1. The van der Waals surface area contributed by atoms with Crippen LogP contribution in [-0.2, 0) is 9.59 Å². The number of halogens is 4. The zero-order chi connectivity index (χ0) is 14.6. The lowest BCUT2D eigenvalue weighted by Crippen LogP contribution is -2.38. The summed E-state index contributed by atoms with van der Waals surface area (Å²) in [5.74, 6) is -2.77. The fourth-order valence-electron chi connectivity index (χ4n) is 1.37. The average molecular weight is 296 g/mol. The Morgan fingerprint density at radius 2 is 1.95 bits per heavy atom. The Labute approximate surface area is 111 Å². The highest BCUT2D eigenvalue weighted by molar-refractivity contribution is 6.30. The van der Waals surface area contributed by atoms with Gasteiger partial charge in [0.1, 0.15) is 13.0 Å². The first-order valence-electron chi connectivity index (χ1n) is 5.03. The first-order chi connectivity index (χ1) is 8.69. The highest BCUT2D eigenvalue weighted by Crippen LogP contribution is 2.25. The summed E-state index contributed by atoms with van der Waals surface area (Å²) in [6.45, 7) is -0.866. The van der Waals surface area contributed by atoms with Crippen LogP contribution in [0.4, 0.5) is 18.9 Å². The maximum atomic E-state index is 12.2. The molecule has 1 N–H and O–H groups in total. The molecule has 0 fully saturated rings. The SMILES string of the molecule is O=C(O)CN(C(=O)CC(F)(F)F)c1cccc(Cl)c1. The van der Waals surface area contributed by atoms with Crippen molar-refractivity contribution in [1.82, 2.24) is 0 Å². The molecule has 0 spiro atoms. The van der Waals surface area contributed by atoms with Crippen molar-refractivity contribution in [2.75, 3.05) is 11.4 Å². The number of carboxylic acid groups (broad SMARTS) is 1. The minimum absolute atomic E-state index is 0.00384. The number of nitrogens with zero attached hydrogens (tertiary/aromatic N) is 1. The Morgan fingerprint density at radius 3 is 2.42 bits per heavy atom. The second kappa shape index (κ2) is 5.92. The first kappa shape index (κ1) is 15.3. The lowest BCUT2D eigenvalue weighted by molar-refractivity contribution is -0.153. The Morgan fingerprint density at radius 1 is 1.32 bits per heavy atom. The number of rotatable bonds is 4. The van der Waals surface area contributed by atoms with Gasteiger partial charge in [0, 0.05) is 10.7 Å². The van der Waals surface area contributed by atoms with E-state index in [1.807, 2.05) is 0 Å². The molecule has 19 heavy (non-hydrogen) atoms. The van der Waals surface area contributed by atoms with Crippen LogP contribution in [-0.4, -0.2) is 29.7 Å². The maximum absolute atomic E-state index is 12.2. The fraction of sp³-hybridized carbons (Fsp3) is 0.273. The number of carboxylic acids is 1. The standard InChI is InChI=1S/C11H9ClF3NO3/c12-7-2-1-3-8(4-7)16(6-10(18)19)9(17)5-11(13,14)15/h1-4H,5-6H2,(H,18,19). The number of alkyl halides is 3. The number of carbonyl (C=O) groups excluding carboxylic acids is 1. The molecular formula is C11H9ClF3NO3. The van der Waals surface area contributed by atoms with Crippen molar-refractivity contribution in [2.24, 2.45) is 0 Å². The zero-order valence-electron chi connectivity index (χ0n) is 9.45. The topological polar surface area (TPSA) is 57.6 Å². The van der Waals surface area contributed by atoms with Gasteiger partial charge in [0.15, 0.2) is 0 Å². The van der Waals surface area contributed by atoms with Crippen molar-refractivity contribution in [2.45, 2.75) is 12.6 Å². The fourth-order valence-corrected chi connectivity index (χ4v) is 1.55. The van der Waals surface area contributed by atoms with Gasteiger partial charge in [-0.3, -0.25) is 9.59 Å². The van der Waals surface area contributed by atoms with Crippen molar-refractivity contribution >= 4 is 29.2 Å². The maximum Gasteiger partial charge on any atom is 0.397 e. The lowest BCUT2D eigenvalue weighted by atomic mass is 10.2. The van der Waals surface area contributed by atoms with Crippen LogP contribution in [0.15, 0.2) is 24.3 Å². The molecule has 0 aromatic heterocycles. The predicted molar refractivity (Wildman–Crippen MR) is 62.1 cm³/mol. The third kappa shape index (κ3) is 5.17. The lowest BCUT2D eigenvalue weighted by Gasteiger charge is -2.21. The van der Waals surface area contributed by atoms with Crippen LogP contribution in [0, 0.1) is 0 Å². The third-order valence-electron chi connectivity index (χ3n) is 2.07. The first-order valence-corrected chi connectivity index (χ1v) is 5.41. The van der Waals surface area contributed by atoms with E-state index in [1.165, 1.54) is 24.3 Å². The minimum atomic E-state index is -4.70. The van der Waals surface area contributed by atoms with Gasteiger partial charge in [0.25, 0.3) is 0 Å². The zero-order valence-corrected chi connectivity index (χ0v) is 10.2. The van der Waals surface area contributed by atoms with Crippen LogP contribution >= 0.6 is 11.6 Å². The van der Waals surface area contributed by atoms with Crippen molar-refractivity contribution in [1.29, 1.82) is 0 Å². The van der Waals surface area contributed by atoms with E-state index in [2.05, 4.69) is 0 Å². The number of hydrogen-bond acceptors (Lipinski definition) is 2. The Bertz CT molecular complexity index is 490. The number of benzene rings is 1. The summed E-state index contributed by atoms with van der Waals surface area (Å²) < 4.78 is 36.5. The second-order valence-electron chi connectivity index (χ2n) is 3.65. The van der Waals surface area contributed by atoms with E-state index in [9.17, 15) is 22.8 Å². The van der Waals surface area contributed by atoms with E-state index in [-0.39, 0.29) is 10.7 Å². The number of carbonyl (C=O) groups is 2. The second-order valence-corrected chi connectivity index (χ2v) is 4.08. The molecule has 104 valence electrons. The molecule has 0 saturated heterocycles. The number of amides is 1. The summed E-state index contributed by atoms with van der Waals surface area (Å²) in [6, 6.07) is 5.40. The average Bonchev–Trinajstić information content (AvgIpc) is 2.23. The van der Waals surface area contributed by atoms with Crippen molar-refractivity contribution in [3.8, 4) is 0 Å². The van der Waals surface area contributed by atoms with Gasteiger partial charge < -0.3 is 10.0 Å². The highest BCUT2D eigenvalue weighted by atomic mass is 35.5. The van der Waals surface area contributed by atoms with E-state index in [1.54, 1.807) is 0 Å². The van der Waals surface area contributed by atoms with Gasteiger partial charge in [-0.05, 0) is 18.2 Å². The quantitative estimate of drug-likeness (QED) is 0.929. The summed E-state index contributed by atoms with van der Waals surface area (Å²) >= 11 is 5.66. The van der Waals surface area contributed by atoms with Crippen LogP contribution in [0.1, 0.15) is 6.42 Å². The van der Waals surface area contributed by atoms with Gasteiger partial charge in [-0.1, -0.05) is 17.7 Å². The monoisotopic (exact) mass is 295 g/mol. The molecule has 0 aliphatic carbocycles. The van der Waals surface area contributed by atoms with E-state index in [0.29, 0.717) is 4.90 Å². The molecule has 0 radical (unpaired) electrons. The molecule has 0 atom stereocenters. The van der Waals surface area contributed by atoms with Gasteiger partial charge in [-0.25, -0.2) is 0 Å². The normalized spacial score (nSPS) is 11.2. The molecule has 1 aromatic carbocycles. The summed E-state index contributed by atoms with van der Waals surface area (Å²) in [6.07, 6.45) is -6.43. The smallest absolute Gasteiger partial charge is 0.397 e. The Hall–Kier alpha value is -1.76. The molecule has 1 rings (SSSR count). The highest BCUT2D eigenvalue weighted by Gasteiger charge is 2.34. The molecule has 0 saturated carbocycles. The summed E-state index contributed by atoms with van der Waals surface area (Å²) in [7, 11) is 0. The number of anilines is 1. The molecule has 1 amide bonds. The van der Waals surface area contributed by atoms with Crippen LogP contribution in [0.5, 0.6) is 0 Å². The molecular weight excluding hydrogens is 287 g/mol. The van der Waals surface area contributed by atoms with Crippen molar-refractivity contribution in [3.05, 3.63) is 29.3 Å². The third-order valence-corrected chi connectivity index (χ3v) is 2.30. The van der Waals surface area contributed by atoms with Crippen molar-refractivity contribution in [3.63, 3.8) is 0 Å². The van der Waals surface area contributed by atoms with Crippen molar-refractivity contribution < 1.29 is 27.9 Å². The molecule has 4 nitrogen and oxygen atoms in total. The van der Waals surface area contributed by atoms with Crippen LogP contribution in [0.3, 0.4) is 0 Å². The largest absolute Gasteiger partial charge is 0.480 e. The van der Waals surface area contributed by atoms with E-state index >= 15 is 0 Å². The molecule has 0 aliphatic rings. The van der Waals surface area contributed by atoms with Gasteiger partial charge in [-0.2, -0.15) is 13.2 Å². The van der Waals surface area contributed by atoms with Crippen LogP contribution in [0.2, 0.25) is 5.02 Å². The van der Waals surface area contributed by atoms with E-state index in [4.69, 9.17) is 16.7 Å². The van der Waals surface area contributed by atoms with Gasteiger partial charge in [-0.15, -0.1) is 0 Å². The Balaban J connectivity index is 3.01. The van der Waals surface area contributed by atoms with Gasteiger partial charge in [0.05, 0.1) is 0 Å². The minimum Gasteiger partial charge on any atom is -0.480 e. The molecule has 1 aromatic rings. The molecule has 0 bridgehead atoms. The summed E-state index contributed by atoms with van der Waals surface area (Å²) in [5, 5.41) is 8.84. The number of hydrogen-bond donors (Lipinski definition) is 1. The van der Waals surface area contributed by atoms with Crippen LogP contribution in [0.25, 0.3) is 0 Å². The van der Waals surface area contributed by atoms with E-state index < -0.39 is 31.0 Å². The van der Waals surface area contributed by atoms with E-state index in [0.717, 1.165) is 0 Å². The summed E-state index contributed by atoms with van der Waals surface area (Å²) in [4.78, 5) is 22.7. The molecule has 0 aliphatic heterocycles.